The SMILES string of the molecule is CCC(C)n1nc(-c2cnc(N)c(OC(F)F)c2)cc1C1=C2CC(N3CCN(C)CC3)CC21. The lowest BCUT2D eigenvalue weighted by Crippen LogP contribution is -2.48. The predicted octanol–water partition coefficient (Wildman–Crippen LogP) is 3.89. The number of anilines is 1. The third kappa shape index (κ3) is 4.24. The number of nitrogen functional groups attached to an aromatic ring is 1. The van der Waals surface area contributed by atoms with E-state index in [1.807, 2.05) is 0 Å². The van der Waals surface area contributed by atoms with Crippen molar-refractivity contribution in [2.45, 2.75) is 51.8 Å². The van der Waals surface area contributed by atoms with E-state index in [4.69, 9.17) is 10.8 Å². The lowest BCUT2D eigenvalue weighted by Gasteiger charge is -2.36. The van der Waals surface area contributed by atoms with Crippen molar-refractivity contribution in [1.82, 2.24) is 24.6 Å². The Morgan fingerprint density at radius 3 is 2.61 bits per heavy atom. The normalized spacial score (nSPS) is 24.4. The molecule has 2 aromatic heterocycles. The van der Waals surface area contributed by atoms with Gasteiger partial charge in [-0.15, -0.1) is 0 Å². The van der Waals surface area contributed by atoms with Crippen LogP contribution in [0.2, 0.25) is 0 Å². The average molecular weight is 459 g/mol. The molecule has 3 unspecified atom stereocenters. The molecule has 178 valence electrons. The molecular formula is C24H32F2N6O. The van der Waals surface area contributed by atoms with Gasteiger partial charge >= 0.3 is 6.61 Å². The molecule has 1 aliphatic heterocycles. The molecule has 0 amide bonds. The smallest absolute Gasteiger partial charge is 0.387 e. The van der Waals surface area contributed by atoms with E-state index >= 15 is 0 Å². The van der Waals surface area contributed by atoms with E-state index in [0.29, 0.717) is 23.2 Å². The fourth-order valence-corrected chi connectivity index (χ4v) is 5.28. The van der Waals surface area contributed by atoms with Gasteiger partial charge < -0.3 is 15.4 Å². The standard InChI is InChI=1S/C24H32F2N6O/c1-4-14(2)32-20(12-19(29-32)15-9-21(33-24(25)26)23(27)28-13-15)22-17-10-16(11-18(17)22)31-7-5-30(3)6-8-31/h9,12-14,16-17,24H,4-8,10-11H2,1-3H3,(H2,27,28). The van der Waals surface area contributed by atoms with Crippen molar-refractivity contribution in [3.05, 3.63) is 29.6 Å². The largest absolute Gasteiger partial charge is 0.431 e. The Balaban J connectivity index is 1.41. The summed E-state index contributed by atoms with van der Waals surface area (Å²) in [5.41, 5.74) is 11.2. The van der Waals surface area contributed by atoms with Gasteiger partial charge in [0.05, 0.1) is 11.4 Å². The summed E-state index contributed by atoms with van der Waals surface area (Å²) in [4.78, 5) is 9.09. The summed E-state index contributed by atoms with van der Waals surface area (Å²) in [5.74, 6) is 0.365. The minimum atomic E-state index is -2.95. The highest BCUT2D eigenvalue weighted by atomic mass is 19.3. The number of alkyl halides is 2. The molecule has 3 atom stereocenters. The molecule has 1 saturated carbocycles. The molecule has 5 rings (SSSR count). The van der Waals surface area contributed by atoms with Crippen molar-refractivity contribution in [1.29, 1.82) is 0 Å². The molecule has 0 aromatic carbocycles. The van der Waals surface area contributed by atoms with Gasteiger partial charge in [0.25, 0.3) is 0 Å². The third-order valence-corrected chi connectivity index (χ3v) is 7.46. The number of halogens is 2. The first kappa shape index (κ1) is 22.3. The van der Waals surface area contributed by atoms with E-state index in [1.165, 1.54) is 18.1 Å². The molecule has 3 heterocycles. The number of piperazine rings is 1. The van der Waals surface area contributed by atoms with Crippen LogP contribution in [0.3, 0.4) is 0 Å². The van der Waals surface area contributed by atoms with E-state index in [2.05, 4.69) is 51.2 Å². The zero-order valence-electron chi connectivity index (χ0n) is 19.5. The lowest BCUT2D eigenvalue weighted by molar-refractivity contribution is -0.0494. The van der Waals surface area contributed by atoms with Gasteiger partial charge in [0.15, 0.2) is 11.6 Å². The van der Waals surface area contributed by atoms with Gasteiger partial charge in [-0.25, -0.2) is 4.98 Å². The zero-order chi connectivity index (χ0) is 23.3. The molecule has 0 radical (unpaired) electrons. The second kappa shape index (κ2) is 8.68. The zero-order valence-corrected chi connectivity index (χ0v) is 19.5. The first-order valence-corrected chi connectivity index (χ1v) is 11.8. The van der Waals surface area contributed by atoms with Gasteiger partial charge in [-0.3, -0.25) is 9.58 Å². The number of hydrogen-bond acceptors (Lipinski definition) is 6. The van der Waals surface area contributed by atoms with Crippen molar-refractivity contribution < 1.29 is 13.5 Å². The highest BCUT2D eigenvalue weighted by Gasteiger charge is 2.48. The third-order valence-electron chi connectivity index (χ3n) is 7.46. The lowest BCUT2D eigenvalue weighted by atomic mass is 10.1. The van der Waals surface area contributed by atoms with Crippen LogP contribution in [-0.2, 0) is 0 Å². The number of aromatic nitrogens is 3. The van der Waals surface area contributed by atoms with Crippen molar-refractivity contribution in [3.63, 3.8) is 0 Å². The van der Waals surface area contributed by atoms with E-state index in [1.54, 1.807) is 11.8 Å². The van der Waals surface area contributed by atoms with E-state index in [0.717, 1.165) is 44.7 Å². The van der Waals surface area contributed by atoms with Crippen LogP contribution < -0.4 is 10.5 Å². The quantitative estimate of drug-likeness (QED) is 0.679. The summed E-state index contributed by atoms with van der Waals surface area (Å²) in [6, 6.07) is 4.44. The molecule has 9 heteroatoms. The van der Waals surface area contributed by atoms with Gasteiger partial charge in [-0.05, 0) is 50.9 Å². The summed E-state index contributed by atoms with van der Waals surface area (Å²) in [6.45, 7) is 5.93. The fraction of sp³-hybridized carbons (Fsp3) is 0.583. The van der Waals surface area contributed by atoms with Gasteiger partial charge in [-0.2, -0.15) is 13.9 Å². The Morgan fingerprint density at radius 2 is 1.97 bits per heavy atom. The number of nitrogens with two attached hydrogens (primary N) is 1. The molecule has 2 aromatic rings. The van der Waals surface area contributed by atoms with Crippen LogP contribution in [0.4, 0.5) is 14.6 Å². The molecule has 0 bridgehead atoms. The number of rotatable bonds is 7. The second-order valence-corrected chi connectivity index (χ2v) is 9.53. The van der Waals surface area contributed by atoms with Crippen LogP contribution in [-0.4, -0.2) is 70.4 Å². The van der Waals surface area contributed by atoms with Crippen LogP contribution in [0.15, 0.2) is 23.9 Å². The minimum absolute atomic E-state index is 0.0581. The maximum atomic E-state index is 12.7. The molecule has 2 fully saturated rings. The van der Waals surface area contributed by atoms with Crippen LogP contribution in [0, 0.1) is 5.92 Å². The van der Waals surface area contributed by atoms with Crippen molar-refractivity contribution in [2.75, 3.05) is 39.0 Å². The molecule has 3 aliphatic rings. The summed E-state index contributed by atoms with van der Waals surface area (Å²) < 4.78 is 32.1. The number of nitrogens with zero attached hydrogens (tertiary/aromatic N) is 5. The Morgan fingerprint density at radius 1 is 1.21 bits per heavy atom. The van der Waals surface area contributed by atoms with Crippen LogP contribution in [0.25, 0.3) is 16.8 Å². The predicted molar refractivity (Wildman–Crippen MR) is 124 cm³/mol. The van der Waals surface area contributed by atoms with Crippen LogP contribution in [0.5, 0.6) is 5.75 Å². The molecular weight excluding hydrogens is 426 g/mol. The summed E-state index contributed by atoms with van der Waals surface area (Å²) in [6.07, 6.45) is 4.84. The highest BCUT2D eigenvalue weighted by molar-refractivity contribution is 5.87. The Kier molecular flexibility index (Phi) is 5.86. The minimum Gasteiger partial charge on any atom is -0.431 e. The summed E-state index contributed by atoms with van der Waals surface area (Å²) in [7, 11) is 2.19. The number of hydrogen-bond donors (Lipinski definition) is 1. The molecule has 33 heavy (non-hydrogen) atoms. The highest BCUT2D eigenvalue weighted by Crippen LogP contribution is 2.58. The van der Waals surface area contributed by atoms with Crippen molar-refractivity contribution in [3.8, 4) is 17.0 Å². The Hall–Kier alpha value is -2.52. The van der Waals surface area contributed by atoms with Crippen LogP contribution in [0.1, 0.15) is 44.8 Å². The monoisotopic (exact) mass is 458 g/mol. The molecule has 0 spiro atoms. The summed E-state index contributed by atoms with van der Waals surface area (Å²) in [5, 5.41) is 4.85. The number of allylic oxidation sites excluding steroid dienone is 1. The summed E-state index contributed by atoms with van der Waals surface area (Å²) >= 11 is 0. The number of fused-ring (bicyclic) bond motifs is 1. The van der Waals surface area contributed by atoms with Gasteiger partial charge in [0.2, 0.25) is 0 Å². The van der Waals surface area contributed by atoms with Gasteiger partial charge in [0, 0.05) is 55.9 Å². The van der Waals surface area contributed by atoms with E-state index in [9.17, 15) is 8.78 Å². The molecule has 7 nitrogen and oxygen atoms in total. The topological polar surface area (TPSA) is 72.4 Å². The van der Waals surface area contributed by atoms with E-state index in [-0.39, 0.29) is 17.6 Å². The Bertz CT molecular complexity index is 1060. The Labute approximate surface area is 193 Å². The van der Waals surface area contributed by atoms with Crippen molar-refractivity contribution in [2.24, 2.45) is 5.92 Å². The van der Waals surface area contributed by atoms with Gasteiger partial charge in [0.1, 0.15) is 0 Å². The fourth-order valence-electron chi connectivity index (χ4n) is 5.28. The first-order valence-electron chi connectivity index (χ1n) is 11.8. The maximum Gasteiger partial charge on any atom is 0.387 e. The molecule has 2 aliphatic carbocycles. The van der Waals surface area contributed by atoms with E-state index < -0.39 is 6.61 Å². The number of ether oxygens (including phenoxy) is 1. The van der Waals surface area contributed by atoms with Gasteiger partial charge in [-0.1, -0.05) is 12.5 Å². The maximum absolute atomic E-state index is 12.7. The second-order valence-electron chi connectivity index (χ2n) is 9.53. The number of pyridine rings is 1. The molecule has 2 N–H and O–H groups in total. The van der Waals surface area contributed by atoms with Crippen molar-refractivity contribution >= 4 is 11.4 Å². The molecule has 1 saturated heterocycles. The number of likely N-dealkylation sites (N-methyl/N-ethyl adjacent to an activating group) is 1. The average Bonchev–Trinajstić information content (AvgIpc) is 3.14. The van der Waals surface area contributed by atoms with Crippen LogP contribution >= 0.6 is 0 Å². The first-order chi connectivity index (χ1) is 15.9.